The van der Waals surface area contributed by atoms with E-state index in [0.717, 1.165) is 21.6 Å². The molecular weight excluding hydrogens is 559 g/mol. The summed E-state index contributed by atoms with van der Waals surface area (Å²) in [5.41, 5.74) is 7.50. The minimum Gasteiger partial charge on any atom is -0.382 e. The minimum atomic E-state index is 0.572. The van der Waals surface area contributed by atoms with E-state index in [9.17, 15) is 0 Å². The van der Waals surface area contributed by atoms with Crippen LogP contribution in [-0.4, -0.2) is 48.8 Å². The zero-order valence-electron chi connectivity index (χ0n) is 18.5. The SMILES string of the molecule is Clc1cc(Br)c2ncnn2c1.Cn1ccc(N)n1.Cn1ccc(Nc2cc(Cl)cn3ncnc23)n1. The summed E-state index contributed by atoms with van der Waals surface area (Å²) >= 11 is 15.1. The molecule has 15 heteroatoms. The molecule has 12 nitrogen and oxygen atoms in total. The van der Waals surface area contributed by atoms with Crippen molar-refractivity contribution in [3.8, 4) is 0 Å². The van der Waals surface area contributed by atoms with Crippen molar-refractivity contribution < 1.29 is 0 Å². The molecule has 0 bridgehead atoms. The zero-order chi connectivity index (χ0) is 24.9. The number of halogens is 3. The highest BCUT2D eigenvalue weighted by molar-refractivity contribution is 9.10. The molecule has 0 radical (unpaired) electrons. The van der Waals surface area contributed by atoms with E-state index < -0.39 is 0 Å². The van der Waals surface area contributed by atoms with Gasteiger partial charge >= 0.3 is 0 Å². The van der Waals surface area contributed by atoms with Crippen LogP contribution in [0.5, 0.6) is 0 Å². The Hall–Kier alpha value is -3.68. The van der Waals surface area contributed by atoms with Gasteiger partial charge in [-0.15, -0.1) is 0 Å². The van der Waals surface area contributed by atoms with Gasteiger partial charge in [0.05, 0.1) is 20.2 Å². The first-order valence-electron chi connectivity index (χ1n) is 9.93. The van der Waals surface area contributed by atoms with Crippen molar-refractivity contribution in [1.29, 1.82) is 0 Å². The van der Waals surface area contributed by atoms with Gasteiger partial charge in [-0.2, -0.15) is 20.4 Å². The molecule has 0 aliphatic rings. The number of rotatable bonds is 2. The van der Waals surface area contributed by atoms with Gasteiger partial charge in [0.25, 0.3) is 0 Å². The Morgan fingerprint density at radius 3 is 2.03 bits per heavy atom. The summed E-state index contributed by atoms with van der Waals surface area (Å²) in [6.07, 6.45) is 10.0. The number of nitrogen functional groups attached to an aromatic ring is 1. The van der Waals surface area contributed by atoms with Gasteiger partial charge in [0.15, 0.2) is 17.1 Å². The highest BCUT2D eigenvalue weighted by Crippen LogP contribution is 2.23. The predicted molar refractivity (Wildman–Crippen MR) is 138 cm³/mol. The Morgan fingerprint density at radius 1 is 0.857 bits per heavy atom. The molecule has 0 aromatic carbocycles. The number of nitrogens with two attached hydrogens (primary N) is 1. The molecule has 0 spiro atoms. The molecule has 3 N–H and O–H groups in total. The molecule has 6 heterocycles. The first kappa shape index (κ1) is 24.4. The predicted octanol–water partition coefficient (Wildman–Crippen LogP) is 4.01. The van der Waals surface area contributed by atoms with Crippen LogP contribution in [0.4, 0.5) is 17.3 Å². The molecule has 6 aromatic heterocycles. The zero-order valence-corrected chi connectivity index (χ0v) is 21.6. The van der Waals surface area contributed by atoms with Crippen molar-refractivity contribution in [2.24, 2.45) is 14.1 Å². The van der Waals surface area contributed by atoms with E-state index >= 15 is 0 Å². The van der Waals surface area contributed by atoms with E-state index in [1.54, 1.807) is 55.2 Å². The number of aromatic nitrogens is 10. The third kappa shape index (κ3) is 6.26. The van der Waals surface area contributed by atoms with Gasteiger partial charge < -0.3 is 11.1 Å². The second-order valence-corrected chi connectivity index (χ2v) is 8.78. The van der Waals surface area contributed by atoms with Crippen LogP contribution in [0.3, 0.4) is 0 Å². The molecule has 0 fully saturated rings. The van der Waals surface area contributed by atoms with E-state index in [-0.39, 0.29) is 0 Å². The van der Waals surface area contributed by atoms with E-state index in [1.807, 2.05) is 26.4 Å². The summed E-state index contributed by atoms with van der Waals surface area (Å²) in [5.74, 6) is 1.31. The monoisotopic (exact) mass is 576 g/mol. The normalized spacial score (nSPS) is 10.5. The summed E-state index contributed by atoms with van der Waals surface area (Å²) in [4.78, 5) is 8.16. The van der Waals surface area contributed by atoms with Crippen LogP contribution in [0, 0.1) is 0 Å². The topological polar surface area (TPSA) is 134 Å². The molecule has 0 atom stereocenters. The number of nitrogens with zero attached hydrogens (tertiary/aromatic N) is 10. The number of nitrogens with one attached hydrogen (secondary N) is 1. The Bertz CT molecular complexity index is 1550. The largest absolute Gasteiger partial charge is 0.382 e. The summed E-state index contributed by atoms with van der Waals surface area (Å²) < 4.78 is 7.46. The van der Waals surface area contributed by atoms with Crippen LogP contribution >= 0.6 is 39.1 Å². The van der Waals surface area contributed by atoms with E-state index in [4.69, 9.17) is 28.9 Å². The molecular formula is C20H19BrCl2N12. The molecule has 0 unspecified atom stereocenters. The molecule has 0 aliphatic heterocycles. The molecule has 6 aromatic rings. The first-order valence-corrected chi connectivity index (χ1v) is 11.5. The quantitative estimate of drug-likeness (QED) is 0.315. The van der Waals surface area contributed by atoms with Gasteiger partial charge in [0, 0.05) is 44.9 Å². The third-order valence-electron chi connectivity index (χ3n) is 4.35. The molecule has 180 valence electrons. The highest BCUT2D eigenvalue weighted by atomic mass is 79.9. The van der Waals surface area contributed by atoms with Crippen molar-refractivity contribution in [2.75, 3.05) is 11.1 Å². The van der Waals surface area contributed by atoms with Gasteiger partial charge in [0.2, 0.25) is 0 Å². The number of pyridine rings is 2. The Balaban J connectivity index is 0.000000137. The van der Waals surface area contributed by atoms with Gasteiger partial charge in [-0.25, -0.2) is 19.0 Å². The third-order valence-corrected chi connectivity index (χ3v) is 5.35. The highest BCUT2D eigenvalue weighted by Gasteiger charge is 2.07. The molecule has 35 heavy (non-hydrogen) atoms. The summed E-state index contributed by atoms with van der Waals surface area (Å²) in [7, 11) is 3.69. The molecule has 0 saturated heterocycles. The number of hydrogen-bond donors (Lipinski definition) is 2. The Kier molecular flexibility index (Phi) is 7.48. The molecule has 0 aliphatic carbocycles. The maximum Gasteiger partial charge on any atom is 0.178 e. The minimum absolute atomic E-state index is 0.572. The van der Waals surface area contributed by atoms with E-state index in [2.05, 4.69) is 51.6 Å². The smallest absolute Gasteiger partial charge is 0.178 e. The average Bonchev–Trinajstić information content (AvgIpc) is 3.58. The van der Waals surface area contributed by atoms with Crippen LogP contribution in [-0.2, 0) is 14.1 Å². The first-order chi connectivity index (χ1) is 16.8. The Morgan fingerprint density at radius 2 is 1.46 bits per heavy atom. The van der Waals surface area contributed by atoms with Crippen LogP contribution in [0.15, 0.2) is 66.2 Å². The standard InChI is InChI=1S/C10H9ClN6.C6H3BrClN3.C4H7N3/c1-16-3-2-9(15-16)14-8-4-7(11)5-17-10(8)12-6-13-17;7-5-1-4(8)2-11-6(5)9-3-10-11;1-7-3-2-4(5)6-7/h2-6H,1H3,(H,14,15);1-3H;2-3H,1H3,(H2,5,6). The Labute approximate surface area is 217 Å². The van der Waals surface area contributed by atoms with Crippen molar-refractivity contribution in [3.05, 3.63) is 76.2 Å². The number of hydrogen-bond acceptors (Lipinski definition) is 8. The van der Waals surface area contributed by atoms with Crippen LogP contribution in [0.1, 0.15) is 0 Å². The number of anilines is 3. The fourth-order valence-corrected chi connectivity index (χ4v) is 3.96. The second-order valence-electron chi connectivity index (χ2n) is 7.05. The molecule has 0 amide bonds. The molecule has 6 rings (SSSR count). The van der Waals surface area contributed by atoms with E-state index in [0.29, 0.717) is 21.5 Å². The number of aryl methyl sites for hydroxylation is 2. The maximum absolute atomic E-state index is 6.00. The van der Waals surface area contributed by atoms with Crippen molar-refractivity contribution in [2.45, 2.75) is 0 Å². The van der Waals surface area contributed by atoms with Crippen molar-refractivity contribution in [1.82, 2.24) is 48.8 Å². The summed E-state index contributed by atoms with van der Waals surface area (Å²) in [6.45, 7) is 0. The lowest BCUT2D eigenvalue weighted by molar-refractivity contribution is 0.771. The maximum atomic E-state index is 6.00. The average molecular weight is 578 g/mol. The van der Waals surface area contributed by atoms with Gasteiger partial charge in [0.1, 0.15) is 18.5 Å². The van der Waals surface area contributed by atoms with Crippen LogP contribution < -0.4 is 11.1 Å². The lowest BCUT2D eigenvalue weighted by atomic mass is 10.4. The lowest BCUT2D eigenvalue weighted by Gasteiger charge is -2.04. The number of fused-ring (bicyclic) bond motifs is 2. The summed E-state index contributed by atoms with van der Waals surface area (Å²) in [5, 5.41) is 20.4. The van der Waals surface area contributed by atoms with Crippen LogP contribution in [0.2, 0.25) is 10.0 Å². The molecule has 0 saturated carbocycles. The van der Waals surface area contributed by atoms with Crippen molar-refractivity contribution >= 4 is 67.7 Å². The van der Waals surface area contributed by atoms with Crippen molar-refractivity contribution in [3.63, 3.8) is 0 Å². The van der Waals surface area contributed by atoms with Crippen LogP contribution in [0.25, 0.3) is 11.3 Å². The van der Waals surface area contributed by atoms with Gasteiger partial charge in [-0.3, -0.25) is 9.36 Å². The second kappa shape index (κ2) is 10.7. The fraction of sp³-hybridized carbons (Fsp3) is 0.100. The van der Waals surface area contributed by atoms with E-state index in [1.165, 1.54) is 12.7 Å². The van der Waals surface area contributed by atoms with Gasteiger partial charge in [-0.05, 0) is 34.1 Å². The fourth-order valence-electron chi connectivity index (χ4n) is 2.89. The van der Waals surface area contributed by atoms with Gasteiger partial charge in [-0.1, -0.05) is 23.2 Å². The lowest BCUT2D eigenvalue weighted by Crippen LogP contribution is -1.97. The summed E-state index contributed by atoms with van der Waals surface area (Å²) in [6, 6.07) is 7.19.